The van der Waals surface area contributed by atoms with E-state index in [1.165, 1.54) is 0 Å². The number of nitrogens with one attached hydrogen (secondary N) is 1. The third-order valence-corrected chi connectivity index (χ3v) is 3.67. The molecule has 0 radical (unpaired) electrons. The number of nitrogens with zero attached hydrogens (tertiary/aromatic N) is 1. The highest BCUT2D eigenvalue weighted by molar-refractivity contribution is 5.94. The molecular weight excluding hydrogens is 316 g/mol. The quantitative estimate of drug-likeness (QED) is 0.743. The molecule has 0 spiro atoms. The molecule has 0 saturated heterocycles. The molecule has 1 aromatic heterocycles. The van der Waals surface area contributed by atoms with Crippen LogP contribution in [0.2, 0.25) is 0 Å². The molecule has 2 N–H and O–H groups in total. The summed E-state index contributed by atoms with van der Waals surface area (Å²) >= 11 is 0. The normalized spacial score (nSPS) is 11.6. The van der Waals surface area contributed by atoms with Crippen LogP contribution in [0.15, 0.2) is 73.1 Å². The Hall–Kier alpha value is -3.18. The van der Waals surface area contributed by atoms with Gasteiger partial charge in [-0.2, -0.15) is 0 Å². The molecule has 5 heteroatoms. The SMILES string of the molecule is Cc1cc(NC(=O)C(O)c2ccccc2)ccc1Oc1cccnc1. The summed E-state index contributed by atoms with van der Waals surface area (Å²) in [7, 11) is 0. The summed E-state index contributed by atoms with van der Waals surface area (Å²) in [5.41, 5.74) is 2.00. The molecule has 0 bridgehead atoms. The van der Waals surface area contributed by atoms with Gasteiger partial charge in [0, 0.05) is 11.9 Å². The minimum Gasteiger partial charge on any atom is -0.455 e. The summed E-state index contributed by atoms with van der Waals surface area (Å²) < 4.78 is 5.76. The van der Waals surface area contributed by atoms with E-state index in [1.54, 1.807) is 60.9 Å². The topological polar surface area (TPSA) is 71.5 Å². The molecule has 0 aliphatic carbocycles. The van der Waals surface area contributed by atoms with Gasteiger partial charge < -0.3 is 15.2 Å². The fourth-order valence-corrected chi connectivity index (χ4v) is 2.37. The van der Waals surface area contributed by atoms with E-state index in [4.69, 9.17) is 4.74 Å². The number of carbonyl (C=O) groups excluding carboxylic acids is 1. The number of aromatic nitrogens is 1. The Labute approximate surface area is 145 Å². The van der Waals surface area contributed by atoms with Crippen molar-refractivity contribution in [3.63, 3.8) is 0 Å². The van der Waals surface area contributed by atoms with Crippen LogP contribution in [0.4, 0.5) is 5.69 Å². The van der Waals surface area contributed by atoms with Crippen molar-refractivity contribution in [3.05, 3.63) is 84.2 Å². The van der Waals surface area contributed by atoms with Gasteiger partial charge in [-0.25, -0.2) is 0 Å². The highest BCUT2D eigenvalue weighted by atomic mass is 16.5. The molecule has 1 atom stereocenters. The van der Waals surface area contributed by atoms with Gasteiger partial charge in [0.2, 0.25) is 0 Å². The Morgan fingerprint density at radius 2 is 1.92 bits per heavy atom. The van der Waals surface area contributed by atoms with E-state index in [0.717, 1.165) is 5.56 Å². The van der Waals surface area contributed by atoms with Crippen LogP contribution in [-0.4, -0.2) is 16.0 Å². The predicted molar refractivity (Wildman–Crippen MR) is 95.5 cm³/mol. The van der Waals surface area contributed by atoms with Crippen LogP contribution in [-0.2, 0) is 4.79 Å². The standard InChI is InChI=1S/C20H18N2O3/c1-14-12-16(9-10-18(14)25-17-8-5-11-21-13-17)22-20(24)19(23)15-6-3-2-4-7-15/h2-13,19,23H,1H3,(H,22,24). The van der Waals surface area contributed by atoms with Crippen LogP contribution in [0.3, 0.4) is 0 Å². The van der Waals surface area contributed by atoms with Crippen molar-refractivity contribution in [2.24, 2.45) is 0 Å². The average Bonchev–Trinajstić information content (AvgIpc) is 2.65. The Bertz CT molecular complexity index is 851. The van der Waals surface area contributed by atoms with E-state index >= 15 is 0 Å². The molecule has 1 unspecified atom stereocenters. The number of aliphatic hydroxyl groups excluding tert-OH is 1. The zero-order valence-electron chi connectivity index (χ0n) is 13.7. The molecule has 25 heavy (non-hydrogen) atoms. The minimum absolute atomic E-state index is 0.480. The van der Waals surface area contributed by atoms with E-state index in [9.17, 15) is 9.90 Å². The second-order valence-electron chi connectivity index (χ2n) is 5.57. The second-order valence-corrected chi connectivity index (χ2v) is 5.57. The monoisotopic (exact) mass is 334 g/mol. The van der Waals surface area contributed by atoms with Crippen molar-refractivity contribution in [1.29, 1.82) is 0 Å². The lowest BCUT2D eigenvalue weighted by atomic mass is 10.1. The van der Waals surface area contributed by atoms with Gasteiger partial charge in [0.15, 0.2) is 6.10 Å². The summed E-state index contributed by atoms with van der Waals surface area (Å²) in [5.74, 6) is 0.836. The fourth-order valence-electron chi connectivity index (χ4n) is 2.37. The first-order valence-electron chi connectivity index (χ1n) is 7.86. The molecule has 0 saturated carbocycles. The molecule has 1 heterocycles. The van der Waals surface area contributed by atoms with Gasteiger partial charge >= 0.3 is 0 Å². The molecule has 0 fully saturated rings. The van der Waals surface area contributed by atoms with Gasteiger partial charge in [0.25, 0.3) is 5.91 Å². The molecule has 2 aromatic carbocycles. The van der Waals surface area contributed by atoms with Gasteiger partial charge in [0.05, 0.1) is 6.20 Å². The number of ether oxygens (including phenoxy) is 1. The minimum atomic E-state index is -1.21. The Kier molecular flexibility index (Phi) is 5.06. The number of pyridine rings is 1. The van der Waals surface area contributed by atoms with E-state index in [-0.39, 0.29) is 0 Å². The van der Waals surface area contributed by atoms with Crippen LogP contribution < -0.4 is 10.1 Å². The second kappa shape index (κ2) is 7.59. The lowest BCUT2D eigenvalue weighted by Gasteiger charge is -2.13. The summed E-state index contributed by atoms with van der Waals surface area (Å²) in [5, 5.41) is 12.8. The third kappa shape index (κ3) is 4.22. The van der Waals surface area contributed by atoms with Gasteiger partial charge in [-0.05, 0) is 48.4 Å². The van der Waals surface area contributed by atoms with Gasteiger partial charge in [-0.3, -0.25) is 9.78 Å². The highest BCUT2D eigenvalue weighted by Crippen LogP contribution is 2.27. The highest BCUT2D eigenvalue weighted by Gasteiger charge is 2.17. The van der Waals surface area contributed by atoms with Crippen LogP contribution in [0.5, 0.6) is 11.5 Å². The van der Waals surface area contributed by atoms with E-state index < -0.39 is 12.0 Å². The summed E-state index contributed by atoms with van der Waals surface area (Å²) in [6.07, 6.45) is 2.09. The lowest BCUT2D eigenvalue weighted by molar-refractivity contribution is -0.124. The summed E-state index contributed by atoms with van der Waals surface area (Å²) in [6.45, 7) is 1.88. The fraction of sp³-hybridized carbons (Fsp3) is 0.100. The smallest absolute Gasteiger partial charge is 0.257 e. The number of carbonyl (C=O) groups is 1. The zero-order valence-corrected chi connectivity index (χ0v) is 13.7. The number of aliphatic hydroxyl groups is 1. The van der Waals surface area contributed by atoms with Gasteiger partial charge in [-0.1, -0.05) is 30.3 Å². The maximum atomic E-state index is 12.2. The zero-order chi connectivity index (χ0) is 17.6. The van der Waals surface area contributed by atoms with Gasteiger partial charge in [0.1, 0.15) is 11.5 Å². The number of hydrogen-bond acceptors (Lipinski definition) is 4. The molecule has 0 aliphatic heterocycles. The molecule has 3 rings (SSSR count). The number of aryl methyl sites for hydroxylation is 1. The molecule has 126 valence electrons. The molecular formula is C20H18N2O3. The predicted octanol–water partition coefficient (Wildman–Crippen LogP) is 3.85. The van der Waals surface area contributed by atoms with Crippen molar-refractivity contribution in [1.82, 2.24) is 4.98 Å². The lowest BCUT2D eigenvalue weighted by Crippen LogP contribution is -2.20. The Morgan fingerprint density at radius 3 is 2.60 bits per heavy atom. The van der Waals surface area contributed by atoms with Crippen LogP contribution in [0.1, 0.15) is 17.2 Å². The number of rotatable bonds is 5. The van der Waals surface area contributed by atoms with Crippen molar-refractivity contribution in [2.45, 2.75) is 13.0 Å². The first-order valence-corrected chi connectivity index (χ1v) is 7.86. The largest absolute Gasteiger partial charge is 0.455 e. The average molecular weight is 334 g/mol. The maximum absolute atomic E-state index is 12.2. The van der Waals surface area contributed by atoms with Crippen molar-refractivity contribution >= 4 is 11.6 Å². The van der Waals surface area contributed by atoms with Crippen LogP contribution >= 0.6 is 0 Å². The van der Waals surface area contributed by atoms with E-state index in [2.05, 4.69) is 10.3 Å². The summed E-state index contributed by atoms with van der Waals surface area (Å²) in [4.78, 5) is 16.2. The van der Waals surface area contributed by atoms with Crippen molar-refractivity contribution in [2.75, 3.05) is 5.32 Å². The van der Waals surface area contributed by atoms with E-state index in [0.29, 0.717) is 22.7 Å². The molecule has 1 amide bonds. The van der Waals surface area contributed by atoms with Crippen molar-refractivity contribution in [3.8, 4) is 11.5 Å². The van der Waals surface area contributed by atoms with Crippen LogP contribution in [0, 0.1) is 6.92 Å². The molecule has 5 nitrogen and oxygen atoms in total. The molecule has 3 aromatic rings. The van der Waals surface area contributed by atoms with Crippen LogP contribution in [0.25, 0.3) is 0 Å². The Balaban J connectivity index is 1.69. The maximum Gasteiger partial charge on any atom is 0.257 e. The molecule has 0 aliphatic rings. The number of benzene rings is 2. The number of hydrogen-bond donors (Lipinski definition) is 2. The first kappa shape index (κ1) is 16.7. The van der Waals surface area contributed by atoms with E-state index in [1.807, 2.05) is 19.1 Å². The number of amides is 1. The third-order valence-electron chi connectivity index (χ3n) is 3.67. The number of anilines is 1. The van der Waals surface area contributed by atoms with Crippen molar-refractivity contribution < 1.29 is 14.6 Å². The van der Waals surface area contributed by atoms with Gasteiger partial charge in [-0.15, -0.1) is 0 Å². The Morgan fingerprint density at radius 1 is 1.12 bits per heavy atom. The first-order chi connectivity index (χ1) is 12.1. The summed E-state index contributed by atoms with van der Waals surface area (Å²) in [6, 6.07) is 17.7.